The fourth-order valence-electron chi connectivity index (χ4n) is 1.72. The SMILES string of the molecule is CCN(CC(=O)NC(C)C)c1ccc(C#N)c(Cl)c1. The maximum Gasteiger partial charge on any atom is 0.239 e. The first-order chi connectivity index (χ1) is 8.97. The monoisotopic (exact) mass is 279 g/mol. The van der Waals surface area contributed by atoms with Crippen molar-refractivity contribution >= 4 is 23.2 Å². The van der Waals surface area contributed by atoms with Crippen LogP contribution in [-0.2, 0) is 4.79 Å². The van der Waals surface area contributed by atoms with Gasteiger partial charge < -0.3 is 10.2 Å². The molecule has 5 heteroatoms. The molecule has 0 spiro atoms. The van der Waals surface area contributed by atoms with Crippen molar-refractivity contribution in [2.45, 2.75) is 26.8 Å². The van der Waals surface area contributed by atoms with Crippen molar-refractivity contribution in [3.63, 3.8) is 0 Å². The number of halogens is 1. The standard InChI is InChI=1S/C14H18ClN3O/c1-4-18(9-14(19)17-10(2)3)12-6-5-11(8-16)13(15)7-12/h5-7,10H,4,9H2,1-3H3,(H,17,19). The Hall–Kier alpha value is -1.73. The number of likely N-dealkylation sites (N-methyl/N-ethyl adjacent to an activating group) is 1. The number of carbonyl (C=O) groups is 1. The minimum absolute atomic E-state index is 0.0302. The average molecular weight is 280 g/mol. The highest BCUT2D eigenvalue weighted by Crippen LogP contribution is 2.23. The van der Waals surface area contributed by atoms with E-state index in [0.29, 0.717) is 17.1 Å². The normalized spacial score (nSPS) is 10.1. The van der Waals surface area contributed by atoms with Crippen LogP contribution in [0.4, 0.5) is 5.69 Å². The fourth-order valence-corrected chi connectivity index (χ4v) is 1.94. The van der Waals surface area contributed by atoms with Gasteiger partial charge in [0, 0.05) is 18.3 Å². The number of nitriles is 1. The van der Waals surface area contributed by atoms with Gasteiger partial charge >= 0.3 is 0 Å². The summed E-state index contributed by atoms with van der Waals surface area (Å²) in [4.78, 5) is 13.7. The smallest absolute Gasteiger partial charge is 0.239 e. The molecule has 1 aromatic rings. The lowest BCUT2D eigenvalue weighted by Gasteiger charge is -2.23. The lowest BCUT2D eigenvalue weighted by molar-refractivity contribution is -0.120. The van der Waals surface area contributed by atoms with Crippen LogP contribution in [0.5, 0.6) is 0 Å². The van der Waals surface area contributed by atoms with Crippen LogP contribution < -0.4 is 10.2 Å². The van der Waals surface area contributed by atoms with Crippen molar-refractivity contribution in [3.8, 4) is 6.07 Å². The predicted octanol–water partition coefficient (Wildman–Crippen LogP) is 2.56. The molecule has 0 bridgehead atoms. The number of benzene rings is 1. The van der Waals surface area contributed by atoms with Crippen LogP contribution in [0.25, 0.3) is 0 Å². The molecular weight excluding hydrogens is 262 g/mol. The molecule has 0 aromatic heterocycles. The van der Waals surface area contributed by atoms with Crippen LogP contribution in [0.15, 0.2) is 18.2 Å². The summed E-state index contributed by atoms with van der Waals surface area (Å²) >= 11 is 6.00. The summed E-state index contributed by atoms with van der Waals surface area (Å²) in [6.45, 7) is 6.78. The zero-order valence-electron chi connectivity index (χ0n) is 11.4. The van der Waals surface area contributed by atoms with Crippen LogP contribution >= 0.6 is 11.6 Å². The highest BCUT2D eigenvalue weighted by atomic mass is 35.5. The number of amides is 1. The Kier molecular flexibility index (Phi) is 5.65. The average Bonchev–Trinajstić information content (AvgIpc) is 2.35. The number of carbonyl (C=O) groups excluding carboxylic acids is 1. The molecule has 19 heavy (non-hydrogen) atoms. The number of hydrogen-bond donors (Lipinski definition) is 1. The molecule has 0 saturated heterocycles. The highest BCUT2D eigenvalue weighted by molar-refractivity contribution is 6.32. The molecule has 102 valence electrons. The molecule has 0 saturated carbocycles. The van der Waals surface area contributed by atoms with Gasteiger partial charge in [-0.15, -0.1) is 0 Å². The van der Waals surface area contributed by atoms with Crippen molar-refractivity contribution in [1.82, 2.24) is 5.32 Å². The van der Waals surface area contributed by atoms with Gasteiger partial charge in [0.05, 0.1) is 17.1 Å². The summed E-state index contributed by atoms with van der Waals surface area (Å²) in [6.07, 6.45) is 0. The van der Waals surface area contributed by atoms with Crippen LogP contribution in [-0.4, -0.2) is 25.0 Å². The second kappa shape index (κ2) is 7.01. The summed E-state index contributed by atoms with van der Waals surface area (Å²) in [5, 5.41) is 12.1. The summed E-state index contributed by atoms with van der Waals surface area (Å²) in [5.41, 5.74) is 1.28. The Labute approximate surface area is 119 Å². The quantitative estimate of drug-likeness (QED) is 0.901. The number of nitrogens with one attached hydrogen (secondary N) is 1. The van der Waals surface area contributed by atoms with Crippen LogP contribution in [0.3, 0.4) is 0 Å². The molecule has 0 aliphatic rings. The van der Waals surface area contributed by atoms with Gasteiger partial charge in [-0.3, -0.25) is 4.79 Å². The molecule has 0 fully saturated rings. The zero-order chi connectivity index (χ0) is 14.4. The van der Waals surface area contributed by atoms with Crippen molar-refractivity contribution in [2.75, 3.05) is 18.0 Å². The van der Waals surface area contributed by atoms with E-state index in [1.165, 1.54) is 0 Å². The van der Waals surface area contributed by atoms with Crippen molar-refractivity contribution < 1.29 is 4.79 Å². The molecule has 0 aliphatic carbocycles. The molecule has 0 heterocycles. The molecule has 4 nitrogen and oxygen atoms in total. The van der Waals surface area contributed by atoms with Gasteiger partial charge in [-0.25, -0.2) is 0 Å². The summed E-state index contributed by atoms with van der Waals surface area (Å²) in [7, 11) is 0. The minimum Gasteiger partial charge on any atom is -0.362 e. The highest BCUT2D eigenvalue weighted by Gasteiger charge is 2.12. The minimum atomic E-state index is -0.0302. The largest absolute Gasteiger partial charge is 0.362 e. The lowest BCUT2D eigenvalue weighted by Crippen LogP contribution is -2.40. The second-order valence-electron chi connectivity index (χ2n) is 4.51. The first kappa shape index (κ1) is 15.3. The summed E-state index contributed by atoms with van der Waals surface area (Å²) in [6, 6.07) is 7.32. The van der Waals surface area contributed by atoms with E-state index in [4.69, 9.17) is 16.9 Å². The molecule has 1 rings (SSSR count). The van der Waals surface area contributed by atoms with Gasteiger partial charge in [-0.05, 0) is 39.0 Å². The Morgan fingerprint density at radius 3 is 2.68 bits per heavy atom. The van der Waals surface area contributed by atoms with Crippen molar-refractivity contribution in [2.24, 2.45) is 0 Å². The maximum absolute atomic E-state index is 11.8. The van der Waals surface area contributed by atoms with Gasteiger partial charge in [0.25, 0.3) is 0 Å². The molecule has 1 aromatic carbocycles. The van der Waals surface area contributed by atoms with E-state index in [1.807, 2.05) is 31.7 Å². The van der Waals surface area contributed by atoms with Gasteiger partial charge in [-0.1, -0.05) is 11.6 Å². The molecular formula is C14H18ClN3O. The first-order valence-corrected chi connectivity index (χ1v) is 6.59. The number of hydrogen-bond acceptors (Lipinski definition) is 3. The van der Waals surface area contributed by atoms with Crippen molar-refractivity contribution in [3.05, 3.63) is 28.8 Å². The van der Waals surface area contributed by atoms with Crippen LogP contribution in [0.1, 0.15) is 26.3 Å². The van der Waals surface area contributed by atoms with E-state index < -0.39 is 0 Å². The fraction of sp³-hybridized carbons (Fsp3) is 0.429. The molecule has 1 amide bonds. The van der Waals surface area contributed by atoms with E-state index in [-0.39, 0.29) is 18.5 Å². The van der Waals surface area contributed by atoms with E-state index >= 15 is 0 Å². The third-order valence-corrected chi connectivity index (χ3v) is 2.92. The van der Waals surface area contributed by atoms with E-state index in [2.05, 4.69) is 5.32 Å². The molecule has 0 atom stereocenters. The van der Waals surface area contributed by atoms with Gasteiger partial charge in [0.15, 0.2) is 0 Å². The number of nitrogens with zero attached hydrogens (tertiary/aromatic N) is 2. The topological polar surface area (TPSA) is 56.1 Å². The lowest BCUT2D eigenvalue weighted by atomic mass is 10.2. The number of rotatable bonds is 5. The Morgan fingerprint density at radius 1 is 1.53 bits per heavy atom. The van der Waals surface area contributed by atoms with Crippen molar-refractivity contribution in [1.29, 1.82) is 5.26 Å². The van der Waals surface area contributed by atoms with Gasteiger partial charge in [0.2, 0.25) is 5.91 Å². The van der Waals surface area contributed by atoms with Crippen LogP contribution in [0, 0.1) is 11.3 Å². The van der Waals surface area contributed by atoms with Gasteiger partial charge in [0.1, 0.15) is 6.07 Å². The summed E-state index contributed by atoms with van der Waals surface area (Å²) < 4.78 is 0. The summed E-state index contributed by atoms with van der Waals surface area (Å²) in [5.74, 6) is -0.0302. The van der Waals surface area contributed by atoms with Gasteiger partial charge in [-0.2, -0.15) is 5.26 Å². The molecule has 0 radical (unpaired) electrons. The zero-order valence-corrected chi connectivity index (χ0v) is 12.2. The van der Waals surface area contributed by atoms with Crippen LogP contribution in [0.2, 0.25) is 5.02 Å². The van der Waals surface area contributed by atoms with E-state index in [1.54, 1.807) is 18.2 Å². The second-order valence-corrected chi connectivity index (χ2v) is 4.92. The van der Waals surface area contributed by atoms with E-state index in [9.17, 15) is 4.79 Å². The Balaban J connectivity index is 2.83. The first-order valence-electron chi connectivity index (χ1n) is 6.21. The molecule has 1 N–H and O–H groups in total. The maximum atomic E-state index is 11.8. The Bertz CT molecular complexity index is 494. The third-order valence-electron chi connectivity index (χ3n) is 2.60. The molecule has 0 aliphatic heterocycles. The third kappa shape index (κ3) is 4.46. The van der Waals surface area contributed by atoms with E-state index in [0.717, 1.165) is 5.69 Å². The number of anilines is 1. The molecule has 0 unspecified atom stereocenters. The Morgan fingerprint density at radius 2 is 2.21 bits per heavy atom. The predicted molar refractivity (Wildman–Crippen MR) is 77.3 cm³/mol.